The highest BCUT2D eigenvalue weighted by Crippen LogP contribution is 2.68. The summed E-state index contributed by atoms with van der Waals surface area (Å²) in [5.74, 6) is 5.96. The summed E-state index contributed by atoms with van der Waals surface area (Å²) in [6.07, 6.45) is 18.1. The minimum atomic E-state index is -0.0244. The summed E-state index contributed by atoms with van der Waals surface area (Å²) in [6, 6.07) is 0. The molecule has 0 aromatic heterocycles. The third-order valence-corrected chi connectivity index (χ3v) is 11.7. The van der Waals surface area contributed by atoms with E-state index in [4.69, 9.17) is 0 Å². The van der Waals surface area contributed by atoms with E-state index in [0.29, 0.717) is 16.7 Å². The van der Waals surface area contributed by atoms with Crippen LogP contribution in [0.1, 0.15) is 111 Å². The van der Waals surface area contributed by atoms with E-state index < -0.39 is 0 Å². The van der Waals surface area contributed by atoms with E-state index >= 15 is 0 Å². The lowest BCUT2D eigenvalue weighted by molar-refractivity contribution is -0.129. The Kier molecular flexibility index (Phi) is 5.84. The summed E-state index contributed by atoms with van der Waals surface area (Å²) in [4.78, 5) is 0. The molecule has 30 heavy (non-hydrogen) atoms. The average molecular weight is 417 g/mol. The largest absolute Gasteiger partial charge is 0.393 e. The molecule has 0 heterocycles. The highest BCUT2D eigenvalue weighted by atomic mass is 16.3. The highest BCUT2D eigenvalue weighted by Gasteiger charge is 2.60. The third-order valence-electron chi connectivity index (χ3n) is 11.7. The lowest BCUT2D eigenvalue weighted by Crippen LogP contribution is -2.54. The fourth-order valence-corrected chi connectivity index (χ4v) is 9.78. The molecule has 2 unspecified atom stereocenters. The molecular formula is C28H48O2. The van der Waals surface area contributed by atoms with Crippen molar-refractivity contribution in [3.8, 4) is 0 Å². The summed E-state index contributed by atoms with van der Waals surface area (Å²) >= 11 is 0. The quantitative estimate of drug-likeness (QED) is 0.513. The molecule has 0 amide bonds. The molecular weight excluding hydrogens is 368 g/mol. The summed E-state index contributed by atoms with van der Waals surface area (Å²) in [6.45, 7) is 7.83. The minimum Gasteiger partial charge on any atom is -0.393 e. The van der Waals surface area contributed by atoms with Crippen molar-refractivity contribution in [2.24, 2.45) is 52.3 Å². The normalized spacial score (nSPS) is 50.3. The summed E-state index contributed by atoms with van der Waals surface area (Å²) < 4.78 is 0. The first kappa shape index (κ1) is 21.7. The zero-order chi connectivity index (χ0) is 21.1. The van der Waals surface area contributed by atoms with Gasteiger partial charge in [-0.05, 0) is 129 Å². The first-order valence-electron chi connectivity index (χ1n) is 13.7. The van der Waals surface area contributed by atoms with Gasteiger partial charge in [0.1, 0.15) is 0 Å². The van der Waals surface area contributed by atoms with Crippen LogP contribution in [0.25, 0.3) is 0 Å². The standard InChI is InChI=1S/C28H48O2/c1-18(5-4-6-26(30)19-7-8-19)23-11-12-24-22-10-9-20-17-21(29)13-15-27(20,2)25(22)14-16-28(23,24)3/h18-26,29-30H,4-17H2,1-3H3/t18?,20-,21-,22-,23+,24-,25-,26?,27-,28+/m0/s1. The van der Waals surface area contributed by atoms with E-state index in [9.17, 15) is 10.2 Å². The van der Waals surface area contributed by atoms with Crippen molar-refractivity contribution in [2.45, 2.75) is 123 Å². The number of hydrogen-bond donors (Lipinski definition) is 2. The van der Waals surface area contributed by atoms with Gasteiger partial charge in [-0.1, -0.05) is 33.6 Å². The SMILES string of the molecule is CC(CCCC(O)C1CC1)[C@H]1CC[C@H]2[C@@H]3CC[C@H]4C[C@@H](O)CC[C@]4(C)[C@H]3CC[C@]12C. The van der Waals surface area contributed by atoms with Crippen molar-refractivity contribution in [1.82, 2.24) is 0 Å². The molecule has 5 rings (SSSR count). The van der Waals surface area contributed by atoms with E-state index in [1.165, 1.54) is 70.6 Å². The van der Waals surface area contributed by atoms with Gasteiger partial charge in [-0.2, -0.15) is 0 Å². The van der Waals surface area contributed by atoms with Crippen LogP contribution >= 0.6 is 0 Å². The van der Waals surface area contributed by atoms with Crippen LogP contribution in [0.3, 0.4) is 0 Å². The van der Waals surface area contributed by atoms with Crippen molar-refractivity contribution in [3.63, 3.8) is 0 Å². The second-order valence-corrected chi connectivity index (χ2v) is 13.1. The van der Waals surface area contributed by atoms with Crippen LogP contribution < -0.4 is 0 Å². The molecule has 0 radical (unpaired) electrons. The Morgan fingerprint density at radius 1 is 0.833 bits per heavy atom. The maximum absolute atomic E-state index is 10.3. The van der Waals surface area contributed by atoms with Crippen LogP contribution in [-0.2, 0) is 0 Å². The van der Waals surface area contributed by atoms with Crippen molar-refractivity contribution >= 4 is 0 Å². The maximum Gasteiger partial charge on any atom is 0.0568 e. The van der Waals surface area contributed by atoms with Gasteiger partial charge in [0.25, 0.3) is 0 Å². The van der Waals surface area contributed by atoms with Crippen molar-refractivity contribution < 1.29 is 10.2 Å². The maximum atomic E-state index is 10.3. The van der Waals surface area contributed by atoms with Gasteiger partial charge in [0, 0.05) is 0 Å². The number of rotatable bonds is 6. The van der Waals surface area contributed by atoms with E-state index in [1.54, 1.807) is 0 Å². The second-order valence-electron chi connectivity index (χ2n) is 13.1. The molecule has 5 fully saturated rings. The molecule has 2 nitrogen and oxygen atoms in total. The van der Waals surface area contributed by atoms with Gasteiger partial charge in [-0.25, -0.2) is 0 Å². The van der Waals surface area contributed by atoms with E-state index in [0.717, 1.165) is 54.8 Å². The van der Waals surface area contributed by atoms with E-state index in [1.807, 2.05) is 0 Å². The first-order chi connectivity index (χ1) is 14.3. The van der Waals surface area contributed by atoms with Crippen LogP contribution in [0.5, 0.6) is 0 Å². The monoisotopic (exact) mass is 416 g/mol. The summed E-state index contributed by atoms with van der Waals surface area (Å²) in [7, 11) is 0. The van der Waals surface area contributed by atoms with Crippen LogP contribution in [0.2, 0.25) is 0 Å². The van der Waals surface area contributed by atoms with Crippen LogP contribution in [0.15, 0.2) is 0 Å². The number of fused-ring (bicyclic) bond motifs is 5. The Labute approximate surface area is 185 Å². The number of aliphatic hydroxyl groups is 2. The summed E-state index contributed by atoms with van der Waals surface area (Å²) in [5, 5.41) is 20.5. The third kappa shape index (κ3) is 3.60. The lowest BCUT2D eigenvalue weighted by atomic mass is 9.44. The number of aliphatic hydroxyl groups excluding tert-OH is 2. The van der Waals surface area contributed by atoms with Gasteiger partial charge in [0.2, 0.25) is 0 Å². The predicted octanol–water partition coefficient (Wildman–Crippen LogP) is 6.58. The number of hydrogen-bond acceptors (Lipinski definition) is 2. The molecule has 172 valence electrons. The molecule has 2 heteroatoms. The van der Waals surface area contributed by atoms with Crippen LogP contribution in [0.4, 0.5) is 0 Å². The molecule has 0 spiro atoms. The van der Waals surface area contributed by atoms with Gasteiger partial charge in [-0.3, -0.25) is 0 Å². The Bertz CT molecular complexity index is 614. The molecule has 0 aliphatic heterocycles. The van der Waals surface area contributed by atoms with Gasteiger partial charge >= 0.3 is 0 Å². The fourth-order valence-electron chi connectivity index (χ4n) is 9.78. The zero-order valence-electron chi connectivity index (χ0n) is 20.0. The summed E-state index contributed by atoms with van der Waals surface area (Å²) in [5.41, 5.74) is 1.07. The molecule has 10 atom stereocenters. The molecule has 5 saturated carbocycles. The molecule has 0 aromatic rings. The first-order valence-corrected chi connectivity index (χ1v) is 13.7. The molecule has 5 aliphatic carbocycles. The molecule has 5 aliphatic rings. The molecule has 0 saturated heterocycles. The Hall–Kier alpha value is -0.0800. The fraction of sp³-hybridized carbons (Fsp3) is 1.00. The lowest BCUT2D eigenvalue weighted by Gasteiger charge is -2.61. The highest BCUT2D eigenvalue weighted by molar-refractivity contribution is 5.09. The van der Waals surface area contributed by atoms with Crippen LogP contribution in [0, 0.1) is 52.3 Å². The van der Waals surface area contributed by atoms with Crippen molar-refractivity contribution in [1.29, 1.82) is 0 Å². The smallest absolute Gasteiger partial charge is 0.0568 e. The van der Waals surface area contributed by atoms with E-state index in [-0.39, 0.29) is 12.2 Å². The molecule has 0 bridgehead atoms. The Morgan fingerprint density at radius 3 is 2.33 bits per heavy atom. The minimum absolute atomic E-state index is 0.00973. The van der Waals surface area contributed by atoms with Gasteiger partial charge in [-0.15, -0.1) is 0 Å². The topological polar surface area (TPSA) is 40.5 Å². The van der Waals surface area contributed by atoms with Crippen molar-refractivity contribution in [3.05, 3.63) is 0 Å². The van der Waals surface area contributed by atoms with Gasteiger partial charge in [0.05, 0.1) is 12.2 Å². The van der Waals surface area contributed by atoms with Crippen molar-refractivity contribution in [2.75, 3.05) is 0 Å². The van der Waals surface area contributed by atoms with Gasteiger partial charge < -0.3 is 10.2 Å². The molecule has 2 N–H and O–H groups in total. The van der Waals surface area contributed by atoms with E-state index in [2.05, 4.69) is 20.8 Å². The Balaban J connectivity index is 1.23. The predicted molar refractivity (Wildman–Crippen MR) is 123 cm³/mol. The average Bonchev–Trinajstić information content (AvgIpc) is 3.50. The van der Waals surface area contributed by atoms with Gasteiger partial charge in [0.15, 0.2) is 0 Å². The Morgan fingerprint density at radius 2 is 1.57 bits per heavy atom. The van der Waals surface area contributed by atoms with Crippen LogP contribution in [-0.4, -0.2) is 22.4 Å². The zero-order valence-corrected chi connectivity index (χ0v) is 20.0. The molecule has 0 aromatic carbocycles. The second kappa shape index (κ2) is 8.05.